The second-order valence-electron chi connectivity index (χ2n) is 6.69. The molecule has 28 heavy (non-hydrogen) atoms. The van der Waals surface area contributed by atoms with Gasteiger partial charge in [-0.3, -0.25) is 14.5 Å². The molecule has 0 N–H and O–H groups in total. The lowest BCUT2D eigenvalue weighted by atomic mass is 10.1. The lowest BCUT2D eigenvalue weighted by Crippen LogP contribution is -2.23. The number of carbonyl (C=O) groups is 2. The van der Waals surface area contributed by atoms with Gasteiger partial charge in [0.25, 0.3) is 0 Å². The predicted molar refractivity (Wildman–Crippen MR) is 115 cm³/mol. The van der Waals surface area contributed by atoms with Crippen LogP contribution in [-0.4, -0.2) is 16.7 Å². The highest BCUT2D eigenvalue weighted by atomic mass is 32.1. The number of anilines is 2. The lowest BCUT2D eigenvalue weighted by Gasteiger charge is -2.21. The summed E-state index contributed by atoms with van der Waals surface area (Å²) >= 11 is 1.38. The number of allylic oxidation sites excluding steroid dienone is 1. The second-order valence-corrected chi connectivity index (χ2v) is 7.53. The molecule has 0 saturated heterocycles. The summed E-state index contributed by atoms with van der Waals surface area (Å²) in [5.41, 5.74) is 5.38. The van der Waals surface area contributed by atoms with Crippen LogP contribution >= 0.6 is 11.3 Å². The van der Waals surface area contributed by atoms with E-state index in [2.05, 4.69) is 4.98 Å². The number of carbonyl (C=O) groups excluding carboxylic acids is 2. The third-order valence-corrected chi connectivity index (χ3v) is 5.42. The zero-order valence-electron chi connectivity index (χ0n) is 16.4. The number of hydrogen-bond acceptors (Lipinski definition) is 4. The van der Waals surface area contributed by atoms with Crippen LogP contribution in [0.15, 0.2) is 53.9 Å². The van der Waals surface area contributed by atoms with Gasteiger partial charge in [0.1, 0.15) is 0 Å². The molecule has 0 aliphatic heterocycles. The van der Waals surface area contributed by atoms with Crippen LogP contribution < -0.4 is 4.90 Å². The number of hydrogen-bond donors (Lipinski definition) is 0. The summed E-state index contributed by atoms with van der Waals surface area (Å²) in [6.45, 7) is 7.52. The zero-order chi connectivity index (χ0) is 20.3. The molecule has 0 aliphatic rings. The van der Waals surface area contributed by atoms with E-state index in [-0.39, 0.29) is 11.7 Å². The summed E-state index contributed by atoms with van der Waals surface area (Å²) in [6, 6.07) is 13.3. The van der Waals surface area contributed by atoms with Crippen molar-refractivity contribution in [2.75, 3.05) is 4.90 Å². The molecule has 3 aromatic rings. The molecule has 1 aromatic heterocycles. The predicted octanol–water partition coefficient (Wildman–Crippen LogP) is 5.65. The Bertz CT molecular complexity index is 1050. The molecule has 0 fully saturated rings. The van der Waals surface area contributed by atoms with Gasteiger partial charge in [0.05, 0.1) is 11.4 Å². The molecule has 1 heterocycles. The van der Waals surface area contributed by atoms with Crippen LogP contribution in [0.2, 0.25) is 0 Å². The summed E-state index contributed by atoms with van der Waals surface area (Å²) < 4.78 is 0. The average molecular weight is 391 g/mol. The van der Waals surface area contributed by atoms with Crippen LogP contribution in [0.4, 0.5) is 10.8 Å². The van der Waals surface area contributed by atoms with Gasteiger partial charge in [-0.1, -0.05) is 42.0 Å². The van der Waals surface area contributed by atoms with Gasteiger partial charge in [-0.15, -0.1) is 11.3 Å². The Morgan fingerprint density at radius 2 is 1.75 bits per heavy atom. The van der Waals surface area contributed by atoms with Crippen molar-refractivity contribution < 1.29 is 9.59 Å². The summed E-state index contributed by atoms with van der Waals surface area (Å²) in [6.07, 6.45) is 3.20. The Labute approximate surface area is 169 Å². The number of rotatable bonds is 5. The molecule has 5 heteroatoms. The smallest absolute Gasteiger partial charge is 0.230 e. The molecule has 0 aliphatic carbocycles. The topological polar surface area (TPSA) is 50.3 Å². The minimum absolute atomic E-state index is 0.0764. The zero-order valence-corrected chi connectivity index (χ0v) is 17.2. The molecule has 0 unspecified atom stereocenters. The van der Waals surface area contributed by atoms with E-state index < -0.39 is 0 Å². The molecule has 0 atom stereocenters. The molecule has 0 bridgehead atoms. The van der Waals surface area contributed by atoms with Gasteiger partial charge in [0.15, 0.2) is 10.9 Å². The van der Waals surface area contributed by atoms with E-state index in [9.17, 15) is 9.59 Å². The SMILES string of the molecule is CC(=O)N(c1nc(/C=C/C(=O)c2ccc(C)cc2)cs1)c1cccc(C)c1C. The largest absolute Gasteiger partial charge is 0.289 e. The van der Waals surface area contributed by atoms with Crippen molar-refractivity contribution in [3.63, 3.8) is 0 Å². The maximum absolute atomic E-state index is 12.3. The fourth-order valence-corrected chi connectivity index (χ4v) is 3.66. The molecule has 2 aromatic carbocycles. The van der Waals surface area contributed by atoms with E-state index in [0.29, 0.717) is 16.4 Å². The quantitative estimate of drug-likeness (QED) is 0.418. The van der Waals surface area contributed by atoms with Crippen LogP contribution in [0.25, 0.3) is 6.08 Å². The van der Waals surface area contributed by atoms with Crippen molar-refractivity contribution in [2.45, 2.75) is 27.7 Å². The highest BCUT2D eigenvalue weighted by Crippen LogP contribution is 2.32. The number of ketones is 1. The fraction of sp³-hybridized carbons (Fsp3) is 0.174. The highest BCUT2D eigenvalue weighted by molar-refractivity contribution is 7.14. The maximum atomic E-state index is 12.3. The molecule has 4 nitrogen and oxygen atoms in total. The number of aryl methyl sites for hydroxylation is 2. The molecule has 0 radical (unpaired) electrons. The first kappa shape index (κ1) is 19.7. The van der Waals surface area contributed by atoms with E-state index in [1.807, 2.05) is 68.6 Å². The van der Waals surface area contributed by atoms with E-state index in [0.717, 1.165) is 22.4 Å². The number of benzene rings is 2. The van der Waals surface area contributed by atoms with Crippen LogP contribution in [0, 0.1) is 20.8 Å². The normalized spacial score (nSPS) is 11.0. The summed E-state index contributed by atoms with van der Waals surface area (Å²) in [5.74, 6) is -0.179. The van der Waals surface area contributed by atoms with Crippen molar-refractivity contribution in [3.8, 4) is 0 Å². The van der Waals surface area contributed by atoms with Crippen LogP contribution in [-0.2, 0) is 4.79 Å². The van der Waals surface area contributed by atoms with Crippen LogP contribution in [0.3, 0.4) is 0 Å². The van der Waals surface area contributed by atoms with Gasteiger partial charge >= 0.3 is 0 Å². The fourth-order valence-electron chi connectivity index (χ4n) is 2.82. The number of aromatic nitrogens is 1. The Kier molecular flexibility index (Phi) is 5.85. The van der Waals surface area contributed by atoms with Crippen molar-refractivity contribution in [2.24, 2.45) is 0 Å². The first-order valence-electron chi connectivity index (χ1n) is 8.98. The van der Waals surface area contributed by atoms with Gasteiger partial charge in [-0.25, -0.2) is 4.98 Å². The molecule has 142 valence electrons. The Morgan fingerprint density at radius 1 is 1.04 bits per heavy atom. The molecular formula is C23H22N2O2S. The van der Waals surface area contributed by atoms with Crippen LogP contribution in [0.5, 0.6) is 0 Å². The van der Waals surface area contributed by atoms with E-state index in [1.54, 1.807) is 11.0 Å². The molecule has 1 amide bonds. The lowest BCUT2D eigenvalue weighted by molar-refractivity contribution is -0.115. The van der Waals surface area contributed by atoms with E-state index in [1.165, 1.54) is 24.3 Å². The minimum Gasteiger partial charge on any atom is -0.289 e. The summed E-state index contributed by atoms with van der Waals surface area (Å²) in [5, 5.41) is 2.43. The number of thiazole rings is 1. The summed E-state index contributed by atoms with van der Waals surface area (Å²) in [7, 11) is 0. The Balaban J connectivity index is 1.85. The minimum atomic E-state index is -0.102. The maximum Gasteiger partial charge on any atom is 0.230 e. The van der Waals surface area contributed by atoms with Crippen molar-refractivity contribution in [1.82, 2.24) is 4.98 Å². The monoisotopic (exact) mass is 390 g/mol. The molecule has 3 rings (SSSR count). The third kappa shape index (κ3) is 4.26. The highest BCUT2D eigenvalue weighted by Gasteiger charge is 2.19. The van der Waals surface area contributed by atoms with Gasteiger partial charge in [0, 0.05) is 17.9 Å². The molecule has 0 spiro atoms. The van der Waals surface area contributed by atoms with Gasteiger partial charge in [-0.05, 0) is 50.1 Å². The van der Waals surface area contributed by atoms with E-state index in [4.69, 9.17) is 0 Å². The van der Waals surface area contributed by atoms with Gasteiger partial charge in [-0.2, -0.15) is 0 Å². The van der Waals surface area contributed by atoms with E-state index >= 15 is 0 Å². The molecular weight excluding hydrogens is 368 g/mol. The van der Waals surface area contributed by atoms with Crippen molar-refractivity contribution in [3.05, 3.63) is 81.9 Å². The Morgan fingerprint density at radius 3 is 2.43 bits per heavy atom. The first-order chi connectivity index (χ1) is 13.4. The first-order valence-corrected chi connectivity index (χ1v) is 9.86. The van der Waals surface area contributed by atoms with Gasteiger partial charge < -0.3 is 0 Å². The van der Waals surface area contributed by atoms with Gasteiger partial charge in [0.2, 0.25) is 5.91 Å². The number of nitrogens with zero attached hydrogens (tertiary/aromatic N) is 2. The Hall–Kier alpha value is -3.05. The second kappa shape index (κ2) is 8.31. The molecule has 0 saturated carbocycles. The average Bonchev–Trinajstić information content (AvgIpc) is 3.12. The van der Waals surface area contributed by atoms with Crippen molar-refractivity contribution >= 4 is 39.9 Å². The number of amides is 1. The van der Waals surface area contributed by atoms with Crippen molar-refractivity contribution in [1.29, 1.82) is 0 Å². The third-order valence-electron chi connectivity index (χ3n) is 4.57. The summed E-state index contributed by atoms with van der Waals surface area (Å²) in [4.78, 5) is 30.8. The standard InChI is InChI=1S/C23H22N2O2S/c1-15-8-10-19(11-9-15)22(27)13-12-20-14-28-23(24-20)25(18(4)26)21-7-5-6-16(2)17(21)3/h5-14H,1-4H3/b13-12+. The van der Waals surface area contributed by atoms with Crippen LogP contribution in [0.1, 0.15) is 39.7 Å².